The van der Waals surface area contributed by atoms with Crippen LogP contribution < -0.4 is 0 Å². The minimum absolute atomic E-state index is 0.362. The van der Waals surface area contributed by atoms with Crippen molar-refractivity contribution in [2.24, 2.45) is 0 Å². The Morgan fingerprint density at radius 1 is 1.00 bits per heavy atom. The smallest absolute Gasteiger partial charge is 0.300 e. The van der Waals surface area contributed by atoms with Crippen LogP contribution in [0.3, 0.4) is 0 Å². The molecule has 0 aromatic carbocycles. The third kappa shape index (κ3) is 31.3. The SMILES string of the molecule is C/C=C/CCCCCCCCCO.CC(=O)O. The summed E-state index contributed by atoms with van der Waals surface area (Å²) in [7, 11) is 0. The van der Waals surface area contributed by atoms with E-state index in [-0.39, 0.29) is 0 Å². The highest BCUT2D eigenvalue weighted by atomic mass is 16.4. The normalized spacial score (nSPS) is 10.1. The average Bonchev–Trinajstić information content (AvgIpc) is 2.26. The van der Waals surface area contributed by atoms with E-state index in [1.165, 1.54) is 44.9 Å². The highest BCUT2D eigenvalue weighted by Gasteiger charge is 1.89. The van der Waals surface area contributed by atoms with Crippen molar-refractivity contribution in [1.82, 2.24) is 0 Å². The molecule has 0 aromatic rings. The van der Waals surface area contributed by atoms with Crippen LogP contribution in [-0.4, -0.2) is 22.8 Å². The lowest BCUT2D eigenvalue weighted by molar-refractivity contribution is -0.134. The Hall–Kier alpha value is -0.830. The maximum atomic E-state index is 9.00. The number of allylic oxidation sites excluding steroid dienone is 2. The van der Waals surface area contributed by atoms with E-state index in [1.54, 1.807) is 0 Å². The minimum Gasteiger partial charge on any atom is -0.481 e. The van der Waals surface area contributed by atoms with Crippen molar-refractivity contribution in [2.45, 2.75) is 65.2 Å². The number of hydrogen-bond donors (Lipinski definition) is 2. The van der Waals surface area contributed by atoms with Gasteiger partial charge in [-0.2, -0.15) is 0 Å². The summed E-state index contributed by atoms with van der Waals surface area (Å²) in [5.41, 5.74) is 0. The highest BCUT2D eigenvalue weighted by molar-refractivity contribution is 5.62. The zero-order valence-corrected chi connectivity index (χ0v) is 11.3. The molecule has 3 heteroatoms. The first-order valence-corrected chi connectivity index (χ1v) is 6.56. The highest BCUT2D eigenvalue weighted by Crippen LogP contribution is 2.08. The van der Waals surface area contributed by atoms with Gasteiger partial charge in [0.15, 0.2) is 0 Å². The number of aliphatic hydroxyl groups excluding tert-OH is 1. The number of hydrogen-bond acceptors (Lipinski definition) is 2. The van der Waals surface area contributed by atoms with Crippen LogP contribution in [0.4, 0.5) is 0 Å². The third-order valence-electron chi connectivity index (χ3n) is 2.26. The van der Waals surface area contributed by atoms with E-state index in [0.29, 0.717) is 6.61 Å². The molecule has 0 heterocycles. The second kappa shape index (κ2) is 17.6. The van der Waals surface area contributed by atoms with Crippen molar-refractivity contribution < 1.29 is 15.0 Å². The van der Waals surface area contributed by atoms with E-state index in [1.807, 2.05) is 0 Å². The van der Waals surface area contributed by atoms with Gasteiger partial charge in [-0.05, 0) is 26.2 Å². The number of rotatable bonds is 9. The van der Waals surface area contributed by atoms with Crippen molar-refractivity contribution in [3.05, 3.63) is 12.2 Å². The van der Waals surface area contributed by atoms with E-state index in [9.17, 15) is 0 Å². The second-order valence-electron chi connectivity index (χ2n) is 4.08. The summed E-state index contributed by atoms with van der Waals surface area (Å²) in [6.07, 6.45) is 14.5. The van der Waals surface area contributed by atoms with Crippen LogP contribution in [0.1, 0.15) is 65.2 Å². The van der Waals surface area contributed by atoms with Gasteiger partial charge in [-0.15, -0.1) is 0 Å². The molecule has 2 N–H and O–H groups in total. The van der Waals surface area contributed by atoms with Crippen LogP contribution in [0.5, 0.6) is 0 Å². The van der Waals surface area contributed by atoms with Crippen LogP contribution in [-0.2, 0) is 4.79 Å². The fourth-order valence-corrected chi connectivity index (χ4v) is 1.42. The van der Waals surface area contributed by atoms with Gasteiger partial charge in [0.1, 0.15) is 0 Å². The van der Waals surface area contributed by atoms with Crippen LogP contribution in [0.25, 0.3) is 0 Å². The standard InChI is InChI=1S/C12H24O.C2H4O2/c1-2-3-4-5-6-7-8-9-10-11-12-13;1-2(3)4/h2-3,13H,4-12H2,1H3;1H3,(H,3,4)/b3-2+;. The van der Waals surface area contributed by atoms with Crippen molar-refractivity contribution in [3.8, 4) is 0 Å². The lowest BCUT2D eigenvalue weighted by Crippen LogP contribution is -1.83. The molecule has 0 aliphatic rings. The first kappa shape index (κ1) is 18.5. The summed E-state index contributed by atoms with van der Waals surface area (Å²) in [5.74, 6) is -0.833. The van der Waals surface area contributed by atoms with E-state index < -0.39 is 5.97 Å². The number of aliphatic hydroxyl groups is 1. The average molecular weight is 244 g/mol. The molecule has 0 rings (SSSR count). The molecule has 0 atom stereocenters. The molecule has 3 nitrogen and oxygen atoms in total. The summed E-state index contributed by atoms with van der Waals surface area (Å²) < 4.78 is 0. The molecule has 0 aliphatic carbocycles. The predicted molar refractivity (Wildman–Crippen MR) is 72.1 cm³/mol. The topological polar surface area (TPSA) is 57.5 Å². The number of carboxylic acid groups (broad SMARTS) is 1. The van der Waals surface area contributed by atoms with Crippen molar-refractivity contribution in [1.29, 1.82) is 0 Å². The Labute approximate surface area is 106 Å². The molecule has 0 spiro atoms. The molecular weight excluding hydrogens is 216 g/mol. The molecule has 0 aromatic heterocycles. The molecule has 0 saturated carbocycles. The van der Waals surface area contributed by atoms with Crippen molar-refractivity contribution in [2.75, 3.05) is 6.61 Å². The van der Waals surface area contributed by atoms with Crippen LogP contribution >= 0.6 is 0 Å². The maximum Gasteiger partial charge on any atom is 0.300 e. The Balaban J connectivity index is 0. The lowest BCUT2D eigenvalue weighted by atomic mass is 10.1. The number of unbranched alkanes of at least 4 members (excludes halogenated alkanes) is 7. The van der Waals surface area contributed by atoms with Gasteiger partial charge >= 0.3 is 0 Å². The summed E-state index contributed by atoms with van der Waals surface area (Å²) in [4.78, 5) is 9.00. The summed E-state index contributed by atoms with van der Waals surface area (Å²) in [5, 5.41) is 16.0. The predicted octanol–water partition coefficient (Wildman–Crippen LogP) is 3.77. The molecule has 0 amide bonds. The first-order valence-electron chi connectivity index (χ1n) is 6.56. The Morgan fingerprint density at radius 3 is 1.82 bits per heavy atom. The summed E-state index contributed by atoms with van der Waals surface area (Å²) >= 11 is 0. The first-order chi connectivity index (χ1) is 8.15. The van der Waals surface area contributed by atoms with E-state index in [2.05, 4.69) is 19.1 Å². The Morgan fingerprint density at radius 2 is 1.41 bits per heavy atom. The van der Waals surface area contributed by atoms with Gasteiger partial charge in [0.25, 0.3) is 5.97 Å². The fourth-order valence-electron chi connectivity index (χ4n) is 1.42. The molecule has 0 saturated heterocycles. The minimum atomic E-state index is -0.833. The molecule has 0 radical (unpaired) electrons. The second-order valence-corrected chi connectivity index (χ2v) is 4.08. The summed E-state index contributed by atoms with van der Waals surface area (Å²) in [6, 6.07) is 0. The quantitative estimate of drug-likeness (QED) is 0.479. The number of carboxylic acids is 1. The van der Waals surface area contributed by atoms with Gasteiger partial charge in [0.05, 0.1) is 0 Å². The molecule has 102 valence electrons. The van der Waals surface area contributed by atoms with Gasteiger partial charge in [-0.3, -0.25) is 4.79 Å². The van der Waals surface area contributed by atoms with Crippen LogP contribution in [0.15, 0.2) is 12.2 Å². The zero-order valence-electron chi connectivity index (χ0n) is 11.3. The van der Waals surface area contributed by atoms with Gasteiger partial charge in [-0.25, -0.2) is 0 Å². The van der Waals surface area contributed by atoms with E-state index in [4.69, 9.17) is 15.0 Å². The van der Waals surface area contributed by atoms with Crippen LogP contribution in [0.2, 0.25) is 0 Å². The number of aliphatic carboxylic acids is 1. The fraction of sp³-hybridized carbons (Fsp3) is 0.786. The molecule has 17 heavy (non-hydrogen) atoms. The Bertz CT molecular complexity index is 172. The molecule has 0 unspecified atom stereocenters. The van der Waals surface area contributed by atoms with E-state index >= 15 is 0 Å². The molecule has 0 aliphatic heterocycles. The van der Waals surface area contributed by atoms with E-state index in [0.717, 1.165) is 13.3 Å². The zero-order chi connectivity index (χ0) is 13.4. The van der Waals surface area contributed by atoms with Crippen molar-refractivity contribution >= 4 is 5.97 Å². The van der Waals surface area contributed by atoms with Crippen molar-refractivity contribution in [3.63, 3.8) is 0 Å². The summed E-state index contributed by atoms with van der Waals surface area (Å²) in [6.45, 7) is 3.52. The monoisotopic (exact) mass is 244 g/mol. The van der Waals surface area contributed by atoms with Crippen LogP contribution in [0, 0.1) is 0 Å². The molecular formula is C14H28O3. The van der Waals surface area contributed by atoms with Gasteiger partial charge in [0, 0.05) is 13.5 Å². The van der Waals surface area contributed by atoms with Gasteiger partial charge < -0.3 is 10.2 Å². The maximum absolute atomic E-state index is 9.00. The lowest BCUT2D eigenvalue weighted by Gasteiger charge is -1.99. The third-order valence-corrected chi connectivity index (χ3v) is 2.26. The number of carbonyl (C=O) groups is 1. The largest absolute Gasteiger partial charge is 0.481 e. The van der Waals surface area contributed by atoms with Gasteiger partial charge in [-0.1, -0.05) is 44.3 Å². The Kier molecular flexibility index (Phi) is 19.1. The molecule has 0 bridgehead atoms. The molecule has 0 fully saturated rings. The van der Waals surface area contributed by atoms with Gasteiger partial charge in [0.2, 0.25) is 0 Å².